The summed E-state index contributed by atoms with van der Waals surface area (Å²) in [6.07, 6.45) is 0.802. The quantitative estimate of drug-likeness (QED) is 0.853. The van der Waals surface area contributed by atoms with Gasteiger partial charge in [0.2, 0.25) is 0 Å². The maximum Gasteiger partial charge on any atom is 0.123 e. The fraction of sp³-hybridized carbons (Fsp3) is 0.133. The van der Waals surface area contributed by atoms with Gasteiger partial charge in [-0.3, -0.25) is 4.99 Å². The largest absolute Gasteiger partial charge is 0.388 e. The van der Waals surface area contributed by atoms with E-state index in [4.69, 9.17) is 0 Å². The van der Waals surface area contributed by atoms with E-state index in [0.717, 1.165) is 29.1 Å². The topological polar surface area (TPSA) is 24.4 Å². The minimum absolute atomic E-state index is 0.215. The van der Waals surface area contributed by atoms with Crippen LogP contribution in [0.1, 0.15) is 11.1 Å². The lowest BCUT2D eigenvalue weighted by Crippen LogP contribution is -2.00. The number of anilines is 1. The van der Waals surface area contributed by atoms with Crippen LogP contribution in [-0.2, 0) is 6.42 Å². The van der Waals surface area contributed by atoms with Crippen molar-refractivity contribution in [3.05, 3.63) is 59.4 Å². The minimum Gasteiger partial charge on any atom is -0.388 e. The summed E-state index contributed by atoms with van der Waals surface area (Å²) in [7, 11) is 1.90. The number of hydrogen-bond acceptors (Lipinski definition) is 2. The fourth-order valence-electron chi connectivity index (χ4n) is 2.17. The van der Waals surface area contributed by atoms with Crippen LogP contribution >= 0.6 is 0 Å². The highest BCUT2D eigenvalue weighted by Crippen LogP contribution is 2.31. The van der Waals surface area contributed by atoms with Crippen LogP contribution in [0, 0.1) is 5.82 Å². The third-order valence-electron chi connectivity index (χ3n) is 3.16. The number of halogens is 1. The zero-order chi connectivity index (χ0) is 12.5. The molecule has 0 bridgehead atoms. The predicted octanol–water partition coefficient (Wildman–Crippen LogP) is 3.54. The molecule has 0 aromatic heterocycles. The van der Waals surface area contributed by atoms with Gasteiger partial charge >= 0.3 is 0 Å². The van der Waals surface area contributed by atoms with Gasteiger partial charge < -0.3 is 5.32 Å². The van der Waals surface area contributed by atoms with E-state index in [1.165, 1.54) is 17.7 Å². The minimum atomic E-state index is -0.215. The summed E-state index contributed by atoms with van der Waals surface area (Å²) in [6, 6.07) is 12.6. The van der Waals surface area contributed by atoms with E-state index >= 15 is 0 Å². The lowest BCUT2D eigenvalue weighted by Gasteiger charge is -2.02. The number of hydrogen-bond donors (Lipinski definition) is 1. The standard InChI is InChI=1S/C15H13FN2/c1-17-13-6-7-14-11(8-13)9-15(18-14)10-2-4-12(16)5-3-10/h2-8,17H,9H2,1H3. The molecule has 1 aliphatic heterocycles. The first kappa shape index (κ1) is 11.0. The van der Waals surface area contributed by atoms with E-state index in [0.29, 0.717) is 0 Å². The second-order valence-electron chi connectivity index (χ2n) is 4.34. The maximum absolute atomic E-state index is 12.9. The number of aliphatic imine (C=N–C) groups is 1. The normalized spacial score (nSPS) is 13.1. The molecule has 18 heavy (non-hydrogen) atoms. The van der Waals surface area contributed by atoms with Gasteiger partial charge in [-0.15, -0.1) is 0 Å². The molecule has 1 aliphatic rings. The van der Waals surface area contributed by atoms with Crippen molar-refractivity contribution in [3.8, 4) is 0 Å². The highest BCUT2D eigenvalue weighted by atomic mass is 19.1. The Bertz CT molecular complexity index is 615. The molecule has 2 aromatic carbocycles. The lowest BCUT2D eigenvalue weighted by atomic mass is 10.0. The molecule has 3 heteroatoms. The molecule has 0 saturated heterocycles. The highest BCUT2D eigenvalue weighted by molar-refractivity contribution is 6.06. The summed E-state index contributed by atoms with van der Waals surface area (Å²) >= 11 is 0. The Hall–Kier alpha value is -2.16. The summed E-state index contributed by atoms with van der Waals surface area (Å²) in [5.74, 6) is -0.215. The van der Waals surface area contributed by atoms with Gasteiger partial charge in [0.05, 0.1) is 11.4 Å². The third kappa shape index (κ3) is 1.88. The van der Waals surface area contributed by atoms with E-state index in [9.17, 15) is 4.39 Å². The summed E-state index contributed by atoms with van der Waals surface area (Å²) in [4.78, 5) is 4.59. The van der Waals surface area contributed by atoms with Gasteiger partial charge in [0.1, 0.15) is 5.82 Å². The van der Waals surface area contributed by atoms with Crippen molar-refractivity contribution in [2.24, 2.45) is 4.99 Å². The molecule has 0 saturated carbocycles. The fourth-order valence-corrected chi connectivity index (χ4v) is 2.17. The Morgan fingerprint density at radius 2 is 1.89 bits per heavy atom. The molecule has 3 rings (SSSR count). The van der Waals surface area contributed by atoms with E-state index in [1.54, 1.807) is 12.1 Å². The maximum atomic E-state index is 12.9. The van der Waals surface area contributed by atoms with Crippen molar-refractivity contribution in [3.63, 3.8) is 0 Å². The molecule has 0 aliphatic carbocycles. The predicted molar refractivity (Wildman–Crippen MR) is 72.3 cm³/mol. The molecule has 1 N–H and O–H groups in total. The average molecular weight is 240 g/mol. The molecular formula is C15H13FN2. The van der Waals surface area contributed by atoms with E-state index in [1.807, 2.05) is 19.2 Å². The Balaban J connectivity index is 1.93. The first-order valence-electron chi connectivity index (χ1n) is 5.90. The Morgan fingerprint density at radius 1 is 1.11 bits per heavy atom. The molecule has 0 spiro atoms. The number of rotatable bonds is 2. The number of nitrogens with one attached hydrogen (secondary N) is 1. The Labute approximate surface area is 105 Å². The Kier molecular flexibility index (Phi) is 2.59. The van der Waals surface area contributed by atoms with Crippen LogP contribution in [0.15, 0.2) is 47.5 Å². The molecule has 2 nitrogen and oxygen atoms in total. The van der Waals surface area contributed by atoms with Crippen molar-refractivity contribution >= 4 is 17.1 Å². The van der Waals surface area contributed by atoms with Crippen molar-refractivity contribution in [1.82, 2.24) is 0 Å². The summed E-state index contributed by atoms with van der Waals surface area (Å²) in [5, 5.41) is 3.12. The van der Waals surface area contributed by atoms with E-state index in [2.05, 4.69) is 16.4 Å². The molecule has 0 atom stereocenters. The van der Waals surface area contributed by atoms with Crippen LogP contribution < -0.4 is 5.32 Å². The molecule has 1 heterocycles. The molecule has 0 amide bonds. The summed E-state index contributed by atoms with van der Waals surface area (Å²) < 4.78 is 12.9. The molecule has 2 aromatic rings. The van der Waals surface area contributed by atoms with Crippen LogP contribution in [0.2, 0.25) is 0 Å². The zero-order valence-corrected chi connectivity index (χ0v) is 10.1. The number of nitrogens with zero attached hydrogens (tertiary/aromatic N) is 1. The first-order valence-corrected chi connectivity index (χ1v) is 5.90. The summed E-state index contributed by atoms with van der Waals surface area (Å²) in [5.41, 5.74) is 5.29. The molecular weight excluding hydrogens is 227 g/mol. The first-order chi connectivity index (χ1) is 8.76. The van der Waals surface area contributed by atoms with Crippen LogP contribution in [0.4, 0.5) is 15.8 Å². The molecule has 0 unspecified atom stereocenters. The van der Waals surface area contributed by atoms with E-state index < -0.39 is 0 Å². The van der Waals surface area contributed by atoms with Gasteiger partial charge in [0, 0.05) is 19.2 Å². The van der Waals surface area contributed by atoms with Crippen LogP contribution in [0.3, 0.4) is 0 Å². The van der Waals surface area contributed by atoms with Gasteiger partial charge in [-0.25, -0.2) is 4.39 Å². The van der Waals surface area contributed by atoms with E-state index in [-0.39, 0.29) is 5.82 Å². The lowest BCUT2D eigenvalue weighted by molar-refractivity contribution is 0.628. The van der Waals surface area contributed by atoms with Crippen LogP contribution in [-0.4, -0.2) is 12.8 Å². The van der Waals surface area contributed by atoms with Gasteiger partial charge in [0.25, 0.3) is 0 Å². The van der Waals surface area contributed by atoms with Gasteiger partial charge in [-0.1, -0.05) is 12.1 Å². The average Bonchev–Trinajstić information content (AvgIpc) is 2.82. The number of benzene rings is 2. The van der Waals surface area contributed by atoms with Crippen molar-refractivity contribution < 1.29 is 4.39 Å². The highest BCUT2D eigenvalue weighted by Gasteiger charge is 2.16. The molecule has 90 valence electrons. The third-order valence-corrected chi connectivity index (χ3v) is 3.16. The SMILES string of the molecule is CNc1ccc2c(c1)CC(c1ccc(F)cc1)=N2. The second-order valence-corrected chi connectivity index (χ2v) is 4.34. The zero-order valence-electron chi connectivity index (χ0n) is 10.1. The number of fused-ring (bicyclic) bond motifs is 1. The van der Waals surface area contributed by atoms with Gasteiger partial charge in [-0.2, -0.15) is 0 Å². The van der Waals surface area contributed by atoms with Crippen molar-refractivity contribution in [2.45, 2.75) is 6.42 Å². The van der Waals surface area contributed by atoms with Gasteiger partial charge in [0.15, 0.2) is 0 Å². The van der Waals surface area contributed by atoms with Crippen molar-refractivity contribution in [2.75, 3.05) is 12.4 Å². The molecule has 0 fully saturated rings. The van der Waals surface area contributed by atoms with Crippen LogP contribution in [0.25, 0.3) is 0 Å². The second kappa shape index (κ2) is 4.26. The van der Waals surface area contributed by atoms with Gasteiger partial charge in [-0.05, 0) is 41.5 Å². The van der Waals surface area contributed by atoms with Crippen LogP contribution in [0.5, 0.6) is 0 Å². The Morgan fingerprint density at radius 3 is 2.61 bits per heavy atom. The smallest absolute Gasteiger partial charge is 0.123 e. The molecule has 0 radical (unpaired) electrons. The summed E-state index contributed by atoms with van der Waals surface area (Å²) in [6.45, 7) is 0. The monoisotopic (exact) mass is 240 g/mol. The van der Waals surface area contributed by atoms with Crippen molar-refractivity contribution in [1.29, 1.82) is 0 Å².